The van der Waals surface area contributed by atoms with Gasteiger partial charge in [0.05, 0.1) is 14.3 Å². The summed E-state index contributed by atoms with van der Waals surface area (Å²) >= 11 is 0. The molecule has 0 aromatic rings. The van der Waals surface area contributed by atoms with Crippen LogP contribution in [0, 0.1) is 45.0 Å². The first-order chi connectivity index (χ1) is 7.13. The van der Waals surface area contributed by atoms with Gasteiger partial charge in [0, 0.05) is 38.6 Å². The standard InChI is InChI=1S/C5H11O2.2C3H9OP.Tb/c1-4(6)3-5(2)7;2*1-5(2,3)4;/h3-7H,1-2H3;2*1-3H3;/q-1;;;. The second kappa shape index (κ2) is 13.6. The van der Waals surface area contributed by atoms with Gasteiger partial charge in [0.1, 0.15) is 0 Å². The van der Waals surface area contributed by atoms with Gasteiger partial charge < -0.3 is 19.3 Å². The Balaban J connectivity index is -0.0000000813. The smallest absolute Gasteiger partial charge is 0.0790 e. The van der Waals surface area contributed by atoms with Crippen LogP contribution in [0.25, 0.3) is 0 Å². The molecule has 117 valence electrons. The summed E-state index contributed by atoms with van der Waals surface area (Å²) in [5, 5.41) is 17.0. The first kappa shape index (κ1) is 27.9. The predicted octanol–water partition coefficient (Wildman–Crippen LogP) is 2.43. The molecule has 0 aromatic heterocycles. The molecule has 0 aliphatic rings. The molecule has 4 nitrogen and oxygen atoms in total. The maximum absolute atomic E-state index is 10.2. The predicted molar refractivity (Wildman–Crippen MR) is 78.4 cm³/mol. The van der Waals surface area contributed by atoms with E-state index in [1.807, 2.05) is 0 Å². The summed E-state index contributed by atoms with van der Waals surface area (Å²) in [6, 6.07) is 0. The van der Waals surface area contributed by atoms with Gasteiger partial charge in [-0.2, -0.15) is 0 Å². The van der Waals surface area contributed by atoms with Gasteiger partial charge in [0.15, 0.2) is 0 Å². The van der Waals surface area contributed by atoms with Crippen LogP contribution in [-0.4, -0.2) is 62.4 Å². The molecule has 0 saturated carbocycles. The minimum atomic E-state index is -1.64. The molecular weight excluding hydrogens is 417 g/mol. The van der Waals surface area contributed by atoms with Crippen molar-refractivity contribution in [1.29, 1.82) is 0 Å². The van der Waals surface area contributed by atoms with Crippen LogP contribution in [0.2, 0.25) is 0 Å². The number of hydrogen-bond donors (Lipinski definition) is 2. The van der Waals surface area contributed by atoms with Crippen molar-refractivity contribution in [3.05, 3.63) is 6.42 Å². The third kappa shape index (κ3) is 153. The molecule has 0 saturated heterocycles. The molecular formula is C11H29O4P2Tb-. The molecule has 0 amide bonds. The monoisotopic (exact) mass is 446 g/mol. The SMILES string of the molecule is CC(O)[CH-]C(C)O.CP(C)(C)=O.CP(C)(C)=O.[Tb]. The Morgan fingerprint density at radius 2 is 0.889 bits per heavy atom. The Labute approximate surface area is 144 Å². The zero-order valence-electron chi connectivity index (χ0n) is 12.7. The average Bonchev–Trinajstić information content (AvgIpc) is 1.71. The fourth-order valence-electron chi connectivity index (χ4n) is 0.403. The second-order valence-corrected chi connectivity index (χ2v) is 13.0. The molecule has 0 rings (SSSR count). The molecule has 2 unspecified atom stereocenters. The molecule has 0 aliphatic heterocycles. The van der Waals surface area contributed by atoms with E-state index in [0.29, 0.717) is 0 Å². The maximum atomic E-state index is 10.2. The fourth-order valence-corrected chi connectivity index (χ4v) is 0.403. The minimum absolute atomic E-state index is 0. The van der Waals surface area contributed by atoms with Gasteiger partial charge in [0.25, 0.3) is 0 Å². The van der Waals surface area contributed by atoms with Crippen LogP contribution in [0.4, 0.5) is 0 Å². The summed E-state index contributed by atoms with van der Waals surface area (Å²) in [6.45, 7) is 13.7. The van der Waals surface area contributed by atoms with Crippen molar-refractivity contribution in [2.24, 2.45) is 0 Å². The van der Waals surface area contributed by atoms with Crippen molar-refractivity contribution in [3.8, 4) is 0 Å². The van der Waals surface area contributed by atoms with Gasteiger partial charge in [-0.05, 0) is 40.0 Å². The summed E-state index contributed by atoms with van der Waals surface area (Å²) in [5.74, 6) is 0. The number of hydrogen-bond acceptors (Lipinski definition) is 4. The summed E-state index contributed by atoms with van der Waals surface area (Å²) in [7, 11) is -3.28. The summed E-state index contributed by atoms with van der Waals surface area (Å²) < 4.78 is 20.4. The van der Waals surface area contributed by atoms with Crippen molar-refractivity contribution >= 4 is 14.3 Å². The number of rotatable bonds is 2. The van der Waals surface area contributed by atoms with E-state index >= 15 is 0 Å². The van der Waals surface area contributed by atoms with Crippen LogP contribution in [0.15, 0.2) is 0 Å². The van der Waals surface area contributed by atoms with Gasteiger partial charge in [-0.3, -0.25) is 6.42 Å². The van der Waals surface area contributed by atoms with E-state index in [1.54, 1.807) is 53.8 Å². The molecule has 0 heterocycles. The normalized spacial score (nSPS) is 13.9. The second-order valence-electron chi connectivity index (χ2n) is 5.45. The van der Waals surface area contributed by atoms with Crippen LogP contribution in [0.5, 0.6) is 0 Å². The van der Waals surface area contributed by atoms with Gasteiger partial charge in [-0.1, -0.05) is 26.1 Å². The van der Waals surface area contributed by atoms with Crippen LogP contribution in [0.1, 0.15) is 13.8 Å². The van der Waals surface area contributed by atoms with E-state index in [9.17, 15) is 9.13 Å². The van der Waals surface area contributed by atoms with E-state index in [4.69, 9.17) is 10.2 Å². The number of aliphatic hydroxyl groups is 2. The Hall–Kier alpha value is 1.67. The van der Waals surface area contributed by atoms with Crippen molar-refractivity contribution in [2.45, 2.75) is 26.1 Å². The third-order valence-electron chi connectivity index (χ3n) is 0.557. The average molecular weight is 446 g/mol. The summed E-state index contributed by atoms with van der Waals surface area (Å²) in [5.41, 5.74) is 0. The molecule has 0 spiro atoms. The topological polar surface area (TPSA) is 74.6 Å². The molecule has 0 aliphatic carbocycles. The third-order valence-corrected chi connectivity index (χ3v) is 0.557. The van der Waals surface area contributed by atoms with E-state index in [2.05, 4.69) is 0 Å². The number of aliphatic hydroxyl groups excluding tert-OH is 2. The van der Waals surface area contributed by atoms with E-state index < -0.39 is 26.5 Å². The molecule has 1 radical (unpaired) electrons. The van der Waals surface area contributed by atoms with Crippen LogP contribution >= 0.6 is 14.3 Å². The Kier molecular flexibility index (Phi) is 21.2. The minimum Gasteiger partial charge on any atom is -0.425 e. The van der Waals surface area contributed by atoms with E-state index in [1.165, 1.54) is 6.42 Å². The van der Waals surface area contributed by atoms with Crippen molar-refractivity contribution in [3.63, 3.8) is 0 Å². The quantitative estimate of drug-likeness (QED) is 0.505. The Bertz CT molecular complexity index is 213. The van der Waals surface area contributed by atoms with Gasteiger partial charge in [-0.25, -0.2) is 0 Å². The van der Waals surface area contributed by atoms with Crippen molar-refractivity contribution < 1.29 is 58.0 Å². The first-order valence-corrected chi connectivity index (χ1v) is 11.5. The summed E-state index contributed by atoms with van der Waals surface area (Å²) in [4.78, 5) is 0. The molecule has 7 heteroatoms. The molecule has 0 fully saturated rings. The Morgan fingerprint density at radius 1 is 0.778 bits per heavy atom. The molecule has 0 aromatic carbocycles. The maximum Gasteiger partial charge on any atom is 0.0790 e. The van der Waals surface area contributed by atoms with Gasteiger partial charge in [-0.15, -0.1) is 0 Å². The van der Waals surface area contributed by atoms with Crippen LogP contribution < -0.4 is 0 Å². The fraction of sp³-hybridized carbons (Fsp3) is 0.909. The van der Waals surface area contributed by atoms with E-state index in [0.717, 1.165) is 0 Å². The van der Waals surface area contributed by atoms with Crippen LogP contribution in [-0.2, 0) is 9.13 Å². The van der Waals surface area contributed by atoms with Crippen molar-refractivity contribution in [1.82, 2.24) is 0 Å². The molecule has 2 N–H and O–H groups in total. The van der Waals surface area contributed by atoms with Gasteiger partial charge >= 0.3 is 0 Å². The molecule has 18 heavy (non-hydrogen) atoms. The summed E-state index contributed by atoms with van der Waals surface area (Å²) in [6.07, 6.45) is 0.444. The molecule has 0 bridgehead atoms. The van der Waals surface area contributed by atoms with Gasteiger partial charge in [0.2, 0.25) is 0 Å². The zero-order chi connectivity index (χ0) is 14.9. The zero-order valence-corrected chi connectivity index (χ0v) is 16.6. The van der Waals surface area contributed by atoms with E-state index in [-0.39, 0.29) is 38.6 Å². The Morgan fingerprint density at radius 3 is 0.889 bits per heavy atom. The largest absolute Gasteiger partial charge is 0.425 e. The molecule has 2 atom stereocenters. The van der Waals surface area contributed by atoms with Crippen molar-refractivity contribution in [2.75, 3.05) is 40.0 Å². The first-order valence-electron chi connectivity index (χ1n) is 5.39. The van der Waals surface area contributed by atoms with Crippen LogP contribution in [0.3, 0.4) is 0 Å².